The van der Waals surface area contributed by atoms with Gasteiger partial charge in [0.2, 0.25) is 0 Å². The Morgan fingerprint density at radius 2 is 1.94 bits per heavy atom. The summed E-state index contributed by atoms with van der Waals surface area (Å²) in [6, 6.07) is 7.88. The molecular formula is C25H33N3O4S2. The summed E-state index contributed by atoms with van der Waals surface area (Å²) < 4.78 is 34.7. The maximum Gasteiger partial charge on any atom is 0.420 e. The Hall–Kier alpha value is -2.65. The molecule has 9 heteroatoms. The van der Waals surface area contributed by atoms with E-state index in [1.807, 2.05) is 48.3 Å². The zero-order valence-corrected chi connectivity index (χ0v) is 22.4. The lowest BCUT2D eigenvalue weighted by Gasteiger charge is -2.20. The van der Waals surface area contributed by atoms with Crippen LogP contribution >= 0.6 is 11.3 Å². The first-order valence-corrected chi connectivity index (χ1v) is 13.5. The van der Waals surface area contributed by atoms with Gasteiger partial charge in [0.25, 0.3) is 10.0 Å². The molecule has 0 saturated carbocycles. The van der Waals surface area contributed by atoms with Crippen LogP contribution in [0.5, 0.6) is 0 Å². The molecule has 184 valence electrons. The molecule has 0 aliphatic rings. The minimum Gasteiger partial charge on any atom is -0.452 e. The molecule has 0 aliphatic heterocycles. The summed E-state index contributed by atoms with van der Waals surface area (Å²) in [4.78, 5) is 17.1. The normalized spacial score (nSPS) is 12.2. The number of rotatable bonds is 7. The van der Waals surface area contributed by atoms with Crippen LogP contribution in [0.3, 0.4) is 0 Å². The number of carbonyl (C=O) groups is 1. The van der Waals surface area contributed by atoms with Crippen molar-refractivity contribution in [1.82, 2.24) is 14.3 Å². The molecule has 0 radical (unpaired) electrons. The first-order valence-electron chi connectivity index (χ1n) is 11.2. The topological polar surface area (TPSA) is 90.3 Å². The lowest BCUT2D eigenvalue weighted by atomic mass is 9.95. The molecule has 0 atom stereocenters. The van der Waals surface area contributed by atoms with Crippen LogP contribution in [0, 0.1) is 12.8 Å². The molecule has 7 nitrogen and oxygen atoms in total. The number of carbonyl (C=O) groups excluding carboxylic acids is 1. The van der Waals surface area contributed by atoms with Crippen LogP contribution in [-0.2, 0) is 33.1 Å². The van der Waals surface area contributed by atoms with Crippen molar-refractivity contribution in [2.24, 2.45) is 5.92 Å². The molecule has 3 rings (SSSR count). The highest BCUT2D eigenvalue weighted by Crippen LogP contribution is 2.37. The van der Waals surface area contributed by atoms with E-state index in [0.29, 0.717) is 18.0 Å². The third-order valence-electron chi connectivity index (χ3n) is 5.39. The summed E-state index contributed by atoms with van der Waals surface area (Å²) in [6.07, 6.45) is 3.54. The number of thiophene rings is 1. The van der Waals surface area contributed by atoms with Gasteiger partial charge in [0, 0.05) is 34.8 Å². The van der Waals surface area contributed by atoms with Crippen molar-refractivity contribution in [3.8, 4) is 11.1 Å². The van der Waals surface area contributed by atoms with E-state index in [9.17, 15) is 13.2 Å². The van der Waals surface area contributed by atoms with Gasteiger partial charge >= 0.3 is 6.09 Å². The predicted molar refractivity (Wildman–Crippen MR) is 136 cm³/mol. The molecule has 0 fully saturated rings. The number of ether oxygens (including phenoxy) is 1. The van der Waals surface area contributed by atoms with E-state index in [1.165, 1.54) is 11.3 Å². The van der Waals surface area contributed by atoms with Gasteiger partial charge in [-0.15, -0.1) is 11.3 Å². The van der Waals surface area contributed by atoms with Crippen LogP contribution in [0.15, 0.2) is 40.9 Å². The molecule has 0 spiro atoms. The number of imidazole rings is 1. The Balaban J connectivity index is 2.01. The van der Waals surface area contributed by atoms with E-state index in [2.05, 4.69) is 48.9 Å². The molecule has 1 aromatic carbocycles. The maximum absolute atomic E-state index is 13.0. The molecular weight excluding hydrogens is 470 g/mol. The van der Waals surface area contributed by atoms with Gasteiger partial charge in [-0.3, -0.25) is 0 Å². The second-order valence-electron chi connectivity index (χ2n) is 9.88. The minimum absolute atomic E-state index is 0.0727. The smallest absolute Gasteiger partial charge is 0.420 e. The van der Waals surface area contributed by atoms with Crippen LogP contribution in [0.2, 0.25) is 0 Å². The number of hydrogen-bond donors (Lipinski definition) is 1. The van der Waals surface area contributed by atoms with Gasteiger partial charge in [0.1, 0.15) is 10.0 Å². The van der Waals surface area contributed by atoms with E-state index in [0.717, 1.165) is 40.9 Å². The minimum atomic E-state index is -4.07. The van der Waals surface area contributed by atoms with E-state index in [-0.39, 0.29) is 9.62 Å². The van der Waals surface area contributed by atoms with E-state index in [1.54, 1.807) is 0 Å². The van der Waals surface area contributed by atoms with Crippen molar-refractivity contribution in [3.05, 3.63) is 58.5 Å². The molecule has 34 heavy (non-hydrogen) atoms. The highest BCUT2D eigenvalue weighted by atomic mass is 32.2. The van der Waals surface area contributed by atoms with Gasteiger partial charge < -0.3 is 9.30 Å². The highest BCUT2D eigenvalue weighted by molar-refractivity contribution is 7.92. The van der Waals surface area contributed by atoms with Gasteiger partial charge in [-0.1, -0.05) is 52.8 Å². The monoisotopic (exact) mass is 503 g/mol. The first kappa shape index (κ1) is 26.0. The molecule has 0 bridgehead atoms. The zero-order valence-electron chi connectivity index (χ0n) is 20.8. The molecule has 0 unspecified atom stereocenters. The number of benzene rings is 1. The Morgan fingerprint density at radius 1 is 1.24 bits per heavy atom. The summed E-state index contributed by atoms with van der Waals surface area (Å²) in [5, 5.41) is 0. The number of sulfonamides is 1. The molecule has 2 aromatic heterocycles. The second-order valence-corrected chi connectivity index (χ2v) is 12.9. The number of hydrogen-bond acceptors (Lipinski definition) is 6. The van der Waals surface area contributed by atoms with E-state index in [4.69, 9.17) is 0 Å². The largest absolute Gasteiger partial charge is 0.452 e. The lowest BCUT2D eigenvalue weighted by molar-refractivity contribution is 0.177. The third-order valence-corrected chi connectivity index (χ3v) is 8.39. The Morgan fingerprint density at radius 3 is 2.53 bits per heavy atom. The van der Waals surface area contributed by atoms with Crippen LogP contribution in [0.1, 0.15) is 56.4 Å². The lowest BCUT2D eigenvalue weighted by Crippen LogP contribution is -2.30. The van der Waals surface area contributed by atoms with Gasteiger partial charge in [0.05, 0.1) is 7.11 Å². The summed E-state index contributed by atoms with van der Waals surface area (Å²) in [7, 11) is -2.93. The van der Waals surface area contributed by atoms with Gasteiger partial charge in [0.15, 0.2) is 0 Å². The number of aromatic nitrogens is 2. The first-order chi connectivity index (χ1) is 15.8. The predicted octanol–water partition coefficient (Wildman–Crippen LogP) is 5.51. The van der Waals surface area contributed by atoms with Crippen molar-refractivity contribution in [1.29, 1.82) is 0 Å². The Labute approximate surface area is 206 Å². The van der Waals surface area contributed by atoms with Crippen LogP contribution in [-0.4, -0.2) is 31.2 Å². The molecule has 3 aromatic rings. The number of methoxy groups -OCH3 is 1. The van der Waals surface area contributed by atoms with Crippen LogP contribution in [0.4, 0.5) is 4.79 Å². The van der Waals surface area contributed by atoms with Crippen LogP contribution < -0.4 is 4.72 Å². The SMILES string of the molecule is COC(=O)NS(=O)(=O)c1sc(CC(C)C)cc1-c1ccc(Cn2ccnc2C(C)(C)C)c(C)c1. The quantitative estimate of drug-likeness (QED) is 0.459. The average molecular weight is 504 g/mol. The van der Waals surface area contributed by atoms with Crippen molar-refractivity contribution < 1.29 is 17.9 Å². The molecule has 1 amide bonds. The Bertz CT molecular complexity index is 1280. The number of nitrogens with one attached hydrogen (secondary N) is 1. The van der Waals surface area contributed by atoms with Crippen molar-refractivity contribution in [2.45, 2.75) is 64.1 Å². The standard InChI is InChI=1S/C25H33N3O4S2/c1-16(2)12-20-14-21(22(33-20)34(30,31)27-24(29)32-7)18-8-9-19(17(3)13-18)15-28-11-10-26-23(28)25(4,5)6/h8-11,13-14,16H,12,15H2,1-7H3,(H,27,29). The number of nitrogens with zero attached hydrogens (tertiary/aromatic N) is 2. The summed E-state index contributed by atoms with van der Waals surface area (Å²) in [5.74, 6) is 1.38. The Kier molecular flexibility index (Phi) is 7.57. The zero-order chi connectivity index (χ0) is 25.3. The van der Waals surface area contributed by atoms with Gasteiger partial charge in [-0.2, -0.15) is 0 Å². The maximum atomic E-state index is 13.0. The second kappa shape index (κ2) is 9.92. The molecule has 1 N–H and O–H groups in total. The summed E-state index contributed by atoms with van der Waals surface area (Å²) >= 11 is 1.19. The number of aryl methyl sites for hydroxylation is 1. The van der Waals surface area contributed by atoms with Gasteiger partial charge in [-0.25, -0.2) is 22.9 Å². The summed E-state index contributed by atoms with van der Waals surface area (Å²) in [6.45, 7) is 13.3. The fraction of sp³-hybridized carbons (Fsp3) is 0.440. The van der Waals surface area contributed by atoms with Gasteiger partial charge in [-0.05, 0) is 42.0 Å². The third kappa shape index (κ3) is 5.88. The summed E-state index contributed by atoms with van der Waals surface area (Å²) in [5.41, 5.74) is 3.48. The molecule has 0 saturated heterocycles. The average Bonchev–Trinajstić information content (AvgIpc) is 3.36. The molecule has 2 heterocycles. The van der Waals surface area contributed by atoms with Crippen molar-refractivity contribution in [3.63, 3.8) is 0 Å². The van der Waals surface area contributed by atoms with Crippen molar-refractivity contribution >= 4 is 27.5 Å². The fourth-order valence-electron chi connectivity index (χ4n) is 3.83. The van der Waals surface area contributed by atoms with Crippen molar-refractivity contribution in [2.75, 3.05) is 7.11 Å². The fourth-order valence-corrected chi connectivity index (χ4v) is 6.70. The number of amides is 1. The molecule has 0 aliphatic carbocycles. The van der Waals surface area contributed by atoms with E-state index < -0.39 is 16.1 Å². The highest BCUT2D eigenvalue weighted by Gasteiger charge is 2.26. The van der Waals surface area contributed by atoms with E-state index >= 15 is 0 Å². The van der Waals surface area contributed by atoms with Crippen LogP contribution in [0.25, 0.3) is 11.1 Å².